The minimum absolute atomic E-state index is 0.492. The molecule has 4 heterocycles. The lowest BCUT2D eigenvalue weighted by Crippen LogP contribution is -2.36. The maximum atomic E-state index is 6.75. The van der Waals surface area contributed by atoms with Crippen LogP contribution in [0.2, 0.25) is 5.15 Å². The lowest BCUT2D eigenvalue weighted by molar-refractivity contribution is 0.122. The third-order valence-corrected chi connectivity index (χ3v) is 6.53. The molecule has 3 aromatic heterocycles. The number of fused-ring (bicyclic) bond motifs is 2. The van der Waals surface area contributed by atoms with E-state index in [2.05, 4.69) is 38.4 Å². The van der Waals surface area contributed by atoms with Crippen molar-refractivity contribution in [3.05, 3.63) is 65.3 Å². The summed E-state index contributed by atoms with van der Waals surface area (Å²) in [6.45, 7) is 3.10. The fourth-order valence-corrected chi connectivity index (χ4v) is 4.73. The minimum atomic E-state index is 0.492. The van der Waals surface area contributed by atoms with Gasteiger partial charge in [-0.25, -0.2) is 9.97 Å². The van der Waals surface area contributed by atoms with Crippen LogP contribution in [0.3, 0.4) is 0 Å². The first kappa shape index (κ1) is 20.9. The van der Waals surface area contributed by atoms with Crippen LogP contribution in [0, 0.1) is 0 Å². The molecule has 4 aromatic rings. The molecule has 0 bridgehead atoms. The summed E-state index contributed by atoms with van der Waals surface area (Å²) in [5.41, 5.74) is 6.20. The Bertz CT molecular complexity index is 1410. The van der Waals surface area contributed by atoms with E-state index in [0.717, 1.165) is 47.9 Å². The van der Waals surface area contributed by atoms with Crippen molar-refractivity contribution in [2.45, 2.75) is 6.42 Å². The number of nitrogens with zero attached hydrogens (tertiary/aromatic N) is 5. The molecule has 6 rings (SSSR count). The first-order valence-corrected chi connectivity index (χ1v) is 11.6. The Hall–Kier alpha value is -3.62. The summed E-state index contributed by atoms with van der Waals surface area (Å²) < 4.78 is 13.0. The summed E-state index contributed by atoms with van der Waals surface area (Å²) in [6, 6.07) is 8.15. The monoisotopic (exact) mass is 474 g/mol. The molecule has 0 atom stereocenters. The number of pyridine rings is 1. The fraction of sp³-hybridized carbons (Fsp3) is 0.240. The zero-order valence-electron chi connectivity index (χ0n) is 18.7. The Labute approximate surface area is 201 Å². The lowest BCUT2D eigenvalue weighted by Gasteiger charge is -2.30. The van der Waals surface area contributed by atoms with Gasteiger partial charge in [-0.15, -0.1) is 0 Å². The van der Waals surface area contributed by atoms with Gasteiger partial charge in [0.1, 0.15) is 16.6 Å². The van der Waals surface area contributed by atoms with Crippen LogP contribution in [0.1, 0.15) is 11.3 Å². The van der Waals surface area contributed by atoms with Crippen molar-refractivity contribution in [3.8, 4) is 17.0 Å². The Balaban J connectivity index is 1.38. The molecule has 172 valence electrons. The Morgan fingerprint density at radius 3 is 2.88 bits per heavy atom. The second-order valence-corrected chi connectivity index (χ2v) is 8.56. The highest BCUT2D eigenvalue weighted by Gasteiger charge is 2.19. The van der Waals surface area contributed by atoms with E-state index >= 15 is 0 Å². The van der Waals surface area contributed by atoms with Gasteiger partial charge in [-0.05, 0) is 36.3 Å². The summed E-state index contributed by atoms with van der Waals surface area (Å²) in [4.78, 5) is 16.2. The van der Waals surface area contributed by atoms with Gasteiger partial charge in [0.2, 0.25) is 0 Å². The first-order valence-electron chi connectivity index (χ1n) is 11.2. The molecule has 0 radical (unpaired) electrons. The number of allylic oxidation sites excluding steroid dienone is 1. The molecule has 9 heteroatoms. The van der Waals surface area contributed by atoms with Gasteiger partial charge in [-0.2, -0.15) is 0 Å². The van der Waals surface area contributed by atoms with Crippen LogP contribution in [0.4, 0.5) is 17.2 Å². The number of hydrogen-bond acceptors (Lipinski definition) is 7. The molecule has 2 aliphatic rings. The summed E-state index contributed by atoms with van der Waals surface area (Å²) in [5.74, 6) is 1.39. The van der Waals surface area contributed by atoms with Crippen LogP contribution >= 0.6 is 11.6 Å². The number of hydrogen-bond donors (Lipinski definition) is 1. The molecule has 0 saturated carbocycles. The van der Waals surface area contributed by atoms with Crippen molar-refractivity contribution >= 4 is 40.5 Å². The van der Waals surface area contributed by atoms with Crippen LogP contribution in [0.15, 0.2) is 48.9 Å². The molecule has 0 spiro atoms. The topological polar surface area (TPSA) is 76.8 Å². The number of halogens is 1. The van der Waals surface area contributed by atoms with E-state index in [1.807, 2.05) is 35.0 Å². The summed E-state index contributed by atoms with van der Waals surface area (Å²) >= 11 is 6.75. The van der Waals surface area contributed by atoms with E-state index in [0.29, 0.717) is 35.5 Å². The smallest absolute Gasteiger partial charge is 0.181 e. The predicted molar refractivity (Wildman–Crippen MR) is 133 cm³/mol. The number of nitrogens with one attached hydrogen (secondary N) is 1. The highest BCUT2D eigenvalue weighted by atomic mass is 35.5. The van der Waals surface area contributed by atoms with Crippen molar-refractivity contribution in [3.63, 3.8) is 0 Å². The van der Waals surface area contributed by atoms with Crippen LogP contribution < -0.4 is 15.0 Å². The van der Waals surface area contributed by atoms with E-state index in [9.17, 15) is 0 Å². The molecule has 1 aromatic carbocycles. The van der Waals surface area contributed by atoms with Gasteiger partial charge in [0.05, 0.1) is 31.7 Å². The number of imidazole rings is 1. The third kappa shape index (κ3) is 3.65. The van der Waals surface area contributed by atoms with Gasteiger partial charge >= 0.3 is 0 Å². The van der Waals surface area contributed by atoms with Crippen molar-refractivity contribution < 1.29 is 9.47 Å². The SMILES string of the molecule is COc1cc(Nc2nc(-c3cnc4c(c3)CC=C4)c(Cl)n3ccnc23)ccc1N1CCOCC1. The Morgan fingerprint density at radius 2 is 2.03 bits per heavy atom. The maximum Gasteiger partial charge on any atom is 0.181 e. The quantitative estimate of drug-likeness (QED) is 0.453. The van der Waals surface area contributed by atoms with Crippen molar-refractivity contribution in [2.24, 2.45) is 0 Å². The number of morpholine rings is 1. The second kappa shape index (κ2) is 8.62. The van der Waals surface area contributed by atoms with Crippen LogP contribution in [0.25, 0.3) is 23.0 Å². The second-order valence-electron chi connectivity index (χ2n) is 8.21. The number of methoxy groups -OCH3 is 1. The molecular weight excluding hydrogens is 452 g/mol. The predicted octanol–water partition coefficient (Wildman–Crippen LogP) is 4.60. The van der Waals surface area contributed by atoms with Gasteiger partial charge in [0.15, 0.2) is 11.5 Å². The van der Waals surface area contributed by atoms with E-state index in [4.69, 9.17) is 26.1 Å². The van der Waals surface area contributed by atoms with Gasteiger partial charge in [-0.3, -0.25) is 9.38 Å². The van der Waals surface area contributed by atoms with E-state index in [1.165, 1.54) is 5.56 Å². The number of aromatic nitrogens is 4. The van der Waals surface area contributed by atoms with Crippen molar-refractivity contribution in [1.29, 1.82) is 0 Å². The molecule has 1 aliphatic carbocycles. The molecule has 8 nitrogen and oxygen atoms in total. The van der Waals surface area contributed by atoms with E-state index in [-0.39, 0.29) is 0 Å². The zero-order valence-corrected chi connectivity index (χ0v) is 19.4. The van der Waals surface area contributed by atoms with Crippen LogP contribution in [-0.2, 0) is 11.2 Å². The van der Waals surface area contributed by atoms with Crippen LogP contribution in [-0.4, -0.2) is 52.8 Å². The molecule has 0 unspecified atom stereocenters. The number of rotatable bonds is 5. The number of anilines is 3. The van der Waals surface area contributed by atoms with Crippen LogP contribution in [0.5, 0.6) is 5.75 Å². The highest BCUT2D eigenvalue weighted by Crippen LogP contribution is 2.35. The molecule has 1 saturated heterocycles. The molecule has 1 N–H and O–H groups in total. The number of benzene rings is 1. The van der Waals surface area contributed by atoms with Gasteiger partial charge < -0.3 is 19.7 Å². The molecule has 1 fully saturated rings. The molecular formula is C25H23ClN6O2. The molecule has 1 aliphatic heterocycles. The summed E-state index contributed by atoms with van der Waals surface area (Å²) in [5, 5.41) is 3.91. The normalized spacial score (nSPS) is 15.1. The summed E-state index contributed by atoms with van der Waals surface area (Å²) in [7, 11) is 1.68. The van der Waals surface area contributed by atoms with Gasteiger partial charge in [-0.1, -0.05) is 17.7 Å². The third-order valence-electron chi connectivity index (χ3n) is 6.17. The van der Waals surface area contributed by atoms with E-state index < -0.39 is 0 Å². The zero-order chi connectivity index (χ0) is 23.1. The standard InChI is InChI=1S/C25H23ClN6O2/c1-33-21-14-18(5-6-20(21)31-9-11-34-12-10-31)29-24-25-27-7-8-32(25)23(26)22(30-24)17-13-16-3-2-4-19(16)28-15-17/h2,4-8,13-15H,3,9-12H2,1H3,(H,29,30). The van der Waals surface area contributed by atoms with Crippen molar-refractivity contribution in [2.75, 3.05) is 43.6 Å². The minimum Gasteiger partial charge on any atom is -0.495 e. The average Bonchev–Trinajstić information content (AvgIpc) is 3.56. The first-order chi connectivity index (χ1) is 16.7. The Kier molecular flexibility index (Phi) is 5.31. The van der Waals surface area contributed by atoms with Crippen molar-refractivity contribution in [1.82, 2.24) is 19.4 Å². The van der Waals surface area contributed by atoms with Gasteiger partial charge in [0.25, 0.3) is 0 Å². The fourth-order valence-electron chi connectivity index (χ4n) is 4.45. The highest BCUT2D eigenvalue weighted by molar-refractivity contribution is 6.32. The van der Waals surface area contributed by atoms with Gasteiger partial charge in [0, 0.05) is 49.0 Å². The molecule has 34 heavy (non-hydrogen) atoms. The number of ether oxygens (including phenoxy) is 2. The largest absolute Gasteiger partial charge is 0.495 e. The average molecular weight is 475 g/mol. The molecule has 0 amide bonds. The maximum absolute atomic E-state index is 6.75. The lowest BCUT2D eigenvalue weighted by atomic mass is 10.1. The Morgan fingerprint density at radius 1 is 1.15 bits per heavy atom. The summed E-state index contributed by atoms with van der Waals surface area (Å²) in [6.07, 6.45) is 10.4. The van der Waals surface area contributed by atoms with E-state index in [1.54, 1.807) is 13.3 Å².